The van der Waals surface area contributed by atoms with Crippen molar-refractivity contribution in [3.05, 3.63) is 84.6 Å². The number of benzene rings is 1. The van der Waals surface area contributed by atoms with Gasteiger partial charge in [0.1, 0.15) is 0 Å². The Labute approximate surface area is 164 Å². The van der Waals surface area contributed by atoms with Gasteiger partial charge in [0.15, 0.2) is 5.76 Å². The molecule has 0 spiro atoms. The number of furan rings is 1. The molecule has 0 radical (unpaired) electrons. The summed E-state index contributed by atoms with van der Waals surface area (Å²) in [6.45, 7) is 4.26. The number of para-hydroxylation sites is 1. The molecule has 28 heavy (non-hydrogen) atoms. The van der Waals surface area contributed by atoms with E-state index in [9.17, 15) is 4.79 Å². The maximum atomic E-state index is 12.3. The molecule has 1 amide bonds. The Morgan fingerprint density at radius 2 is 1.86 bits per heavy atom. The molecule has 4 rings (SSSR count). The van der Waals surface area contributed by atoms with Crippen LogP contribution in [-0.4, -0.2) is 48.5 Å². The topological polar surface area (TPSA) is 61.6 Å². The van der Waals surface area contributed by atoms with Crippen molar-refractivity contribution < 1.29 is 9.21 Å². The first-order chi connectivity index (χ1) is 13.8. The van der Waals surface area contributed by atoms with E-state index < -0.39 is 0 Å². The lowest BCUT2D eigenvalue weighted by Crippen LogP contribution is -2.50. The molecule has 144 valence electrons. The highest BCUT2D eigenvalue weighted by molar-refractivity contribution is 5.91. The summed E-state index contributed by atoms with van der Waals surface area (Å²) in [5, 5.41) is 3.01. The third kappa shape index (κ3) is 4.23. The summed E-state index contributed by atoms with van der Waals surface area (Å²) in [5.74, 6) is 0.139. The molecule has 0 bridgehead atoms. The van der Waals surface area contributed by atoms with Crippen molar-refractivity contribution in [3.8, 4) is 0 Å². The minimum Gasteiger partial charge on any atom is -0.459 e. The molecule has 6 heteroatoms. The van der Waals surface area contributed by atoms with Crippen LogP contribution < -0.4 is 10.2 Å². The van der Waals surface area contributed by atoms with Crippen LogP contribution in [-0.2, 0) is 0 Å². The average molecular weight is 376 g/mol. The van der Waals surface area contributed by atoms with Gasteiger partial charge in [-0.2, -0.15) is 0 Å². The summed E-state index contributed by atoms with van der Waals surface area (Å²) < 4.78 is 5.20. The van der Waals surface area contributed by atoms with E-state index >= 15 is 0 Å². The molecule has 1 fully saturated rings. The summed E-state index contributed by atoms with van der Waals surface area (Å²) >= 11 is 0. The van der Waals surface area contributed by atoms with Gasteiger partial charge in [-0.25, -0.2) is 0 Å². The molecular formula is C22H24N4O2. The van der Waals surface area contributed by atoms with Gasteiger partial charge in [-0.15, -0.1) is 0 Å². The van der Waals surface area contributed by atoms with Crippen molar-refractivity contribution in [2.45, 2.75) is 6.04 Å². The number of piperazine rings is 1. The van der Waals surface area contributed by atoms with Gasteiger partial charge < -0.3 is 14.6 Å². The van der Waals surface area contributed by atoms with E-state index in [0.29, 0.717) is 12.3 Å². The van der Waals surface area contributed by atoms with E-state index in [1.807, 2.05) is 18.3 Å². The zero-order valence-corrected chi connectivity index (χ0v) is 15.7. The standard InChI is InChI=1S/C22H24N4O2/c27-22(21-9-5-15-28-21)24-17-20(18-6-4-10-23-16-18)26-13-11-25(12-14-26)19-7-2-1-3-8-19/h1-10,15-16,20H,11-14,17H2,(H,24,27)/t20-/m0/s1. The van der Waals surface area contributed by atoms with E-state index in [-0.39, 0.29) is 11.9 Å². The first-order valence-electron chi connectivity index (χ1n) is 9.57. The van der Waals surface area contributed by atoms with Gasteiger partial charge >= 0.3 is 0 Å². The third-order valence-electron chi connectivity index (χ3n) is 5.15. The summed E-state index contributed by atoms with van der Waals surface area (Å²) in [4.78, 5) is 21.4. The largest absolute Gasteiger partial charge is 0.459 e. The molecule has 1 N–H and O–H groups in total. The number of nitrogens with zero attached hydrogens (tertiary/aromatic N) is 3. The van der Waals surface area contributed by atoms with E-state index in [1.54, 1.807) is 18.3 Å². The van der Waals surface area contributed by atoms with Crippen LogP contribution in [0.5, 0.6) is 0 Å². The lowest BCUT2D eigenvalue weighted by molar-refractivity contribution is 0.0902. The van der Waals surface area contributed by atoms with Crippen molar-refractivity contribution in [3.63, 3.8) is 0 Å². The Bertz CT molecular complexity index is 860. The van der Waals surface area contributed by atoms with Gasteiger partial charge in [-0.3, -0.25) is 14.7 Å². The number of carbonyl (C=O) groups excluding carboxylic acids is 1. The highest BCUT2D eigenvalue weighted by Gasteiger charge is 2.26. The fraction of sp³-hybridized carbons (Fsp3) is 0.273. The quantitative estimate of drug-likeness (QED) is 0.717. The van der Waals surface area contributed by atoms with E-state index in [4.69, 9.17) is 4.42 Å². The Morgan fingerprint density at radius 3 is 2.54 bits per heavy atom. The zero-order valence-electron chi connectivity index (χ0n) is 15.7. The Kier molecular flexibility index (Phi) is 5.68. The van der Waals surface area contributed by atoms with E-state index in [1.165, 1.54) is 12.0 Å². The summed E-state index contributed by atoms with van der Waals surface area (Å²) in [6.07, 6.45) is 5.17. The first kappa shape index (κ1) is 18.3. The minimum absolute atomic E-state index is 0.0746. The molecule has 0 saturated carbocycles. The first-order valence-corrected chi connectivity index (χ1v) is 9.57. The highest BCUT2D eigenvalue weighted by Crippen LogP contribution is 2.23. The van der Waals surface area contributed by atoms with Gasteiger partial charge in [0.05, 0.1) is 12.3 Å². The normalized spacial score (nSPS) is 15.9. The highest BCUT2D eigenvalue weighted by atomic mass is 16.3. The van der Waals surface area contributed by atoms with Crippen LogP contribution in [0, 0.1) is 0 Å². The Hall–Kier alpha value is -3.12. The predicted molar refractivity (Wildman–Crippen MR) is 108 cm³/mol. The third-order valence-corrected chi connectivity index (χ3v) is 5.15. The van der Waals surface area contributed by atoms with Gasteiger partial charge in [0, 0.05) is 50.8 Å². The molecule has 1 saturated heterocycles. The van der Waals surface area contributed by atoms with Crippen LogP contribution in [0.1, 0.15) is 22.2 Å². The summed E-state index contributed by atoms with van der Waals surface area (Å²) in [7, 11) is 0. The summed E-state index contributed by atoms with van der Waals surface area (Å²) in [5.41, 5.74) is 2.36. The number of pyridine rings is 1. The van der Waals surface area contributed by atoms with Gasteiger partial charge in [-0.1, -0.05) is 24.3 Å². The van der Waals surface area contributed by atoms with E-state index in [0.717, 1.165) is 31.7 Å². The molecule has 3 aromatic rings. The lowest BCUT2D eigenvalue weighted by atomic mass is 10.1. The fourth-order valence-electron chi connectivity index (χ4n) is 3.65. The van der Waals surface area contributed by atoms with Gasteiger partial charge in [-0.05, 0) is 35.9 Å². The Balaban J connectivity index is 1.43. The molecule has 3 heterocycles. The van der Waals surface area contributed by atoms with Crippen LogP contribution in [0.25, 0.3) is 0 Å². The smallest absolute Gasteiger partial charge is 0.287 e. The van der Waals surface area contributed by atoms with Crippen molar-refractivity contribution in [2.24, 2.45) is 0 Å². The van der Waals surface area contributed by atoms with Crippen molar-refractivity contribution in [1.29, 1.82) is 0 Å². The maximum Gasteiger partial charge on any atom is 0.287 e. The second-order valence-electron chi connectivity index (χ2n) is 6.85. The number of carbonyl (C=O) groups is 1. The van der Waals surface area contributed by atoms with E-state index in [2.05, 4.69) is 50.4 Å². The van der Waals surface area contributed by atoms with Crippen molar-refractivity contribution >= 4 is 11.6 Å². The number of hydrogen-bond acceptors (Lipinski definition) is 5. The van der Waals surface area contributed by atoms with Crippen molar-refractivity contribution in [2.75, 3.05) is 37.6 Å². The molecule has 1 aliphatic rings. The molecule has 1 aliphatic heterocycles. The van der Waals surface area contributed by atoms with Crippen LogP contribution >= 0.6 is 0 Å². The minimum atomic E-state index is -0.193. The zero-order chi connectivity index (χ0) is 19.2. The molecule has 0 unspecified atom stereocenters. The molecule has 6 nitrogen and oxygen atoms in total. The van der Waals surface area contributed by atoms with Crippen molar-refractivity contribution in [1.82, 2.24) is 15.2 Å². The number of rotatable bonds is 6. The van der Waals surface area contributed by atoms with Crippen LogP contribution in [0.2, 0.25) is 0 Å². The second-order valence-corrected chi connectivity index (χ2v) is 6.85. The van der Waals surface area contributed by atoms with Crippen LogP contribution in [0.4, 0.5) is 5.69 Å². The second kappa shape index (κ2) is 8.71. The monoisotopic (exact) mass is 376 g/mol. The van der Waals surface area contributed by atoms with Gasteiger partial charge in [0.2, 0.25) is 0 Å². The Morgan fingerprint density at radius 1 is 1.04 bits per heavy atom. The average Bonchev–Trinajstić information content (AvgIpc) is 3.31. The maximum absolute atomic E-state index is 12.3. The molecular weight excluding hydrogens is 352 g/mol. The fourth-order valence-corrected chi connectivity index (χ4v) is 3.65. The molecule has 2 aromatic heterocycles. The van der Waals surface area contributed by atoms with Crippen LogP contribution in [0.15, 0.2) is 77.7 Å². The molecule has 0 aliphatic carbocycles. The number of aromatic nitrogens is 1. The number of nitrogens with one attached hydrogen (secondary N) is 1. The van der Waals surface area contributed by atoms with Crippen LogP contribution in [0.3, 0.4) is 0 Å². The number of hydrogen-bond donors (Lipinski definition) is 1. The SMILES string of the molecule is O=C(NC[C@@H](c1cccnc1)N1CCN(c2ccccc2)CC1)c1ccco1. The molecule has 1 aromatic carbocycles. The summed E-state index contributed by atoms with van der Waals surface area (Å²) in [6, 6.07) is 18.0. The number of amides is 1. The van der Waals surface area contributed by atoms with Gasteiger partial charge in [0.25, 0.3) is 5.91 Å². The molecule has 1 atom stereocenters. The predicted octanol–water partition coefficient (Wildman–Crippen LogP) is 2.97. The lowest BCUT2D eigenvalue weighted by Gasteiger charge is -2.40. The number of anilines is 1.